The number of halogens is 2. The number of carbonyl (C=O) groups excluding carboxylic acids is 2. The monoisotopic (exact) mass is 402 g/mol. The van der Waals surface area contributed by atoms with Crippen molar-refractivity contribution in [3.63, 3.8) is 0 Å². The first kappa shape index (κ1) is 20.3. The van der Waals surface area contributed by atoms with Crippen molar-refractivity contribution in [2.75, 3.05) is 24.5 Å². The molecule has 6 heteroatoms. The molecule has 1 amide bonds. The number of benzene rings is 2. The summed E-state index contributed by atoms with van der Waals surface area (Å²) in [5, 5.41) is 0.342. The van der Waals surface area contributed by atoms with E-state index in [-0.39, 0.29) is 11.9 Å². The van der Waals surface area contributed by atoms with Gasteiger partial charge in [-0.3, -0.25) is 9.59 Å². The van der Waals surface area contributed by atoms with E-state index in [9.17, 15) is 14.0 Å². The molecule has 1 unspecified atom stereocenters. The first-order valence-corrected chi connectivity index (χ1v) is 9.64. The van der Waals surface area contributed by atoms with Crippen molar-refractivity contribution >= 4 is 29.5 Å². The molecule has 0 aromatic heterocycles. The minimum Gasteiger partial charge on any atom is -0.359 e. The van der Waals surface area contributed by atoms with Gasteiger partial charge in [0.25, 0.3) is 0 Å². The van der Waals surface area contributed by atoms with Crippen LogP contribution in [0.2, 0.25) is 5.02 Å². The Bertz CT molecular complexity index is 877. The number of rotatable bonds is 3. The molecule has 1 aliphatic rings. The Morgan fingerprint density at radius 3 is 2.39 bits per heavy atom. The van der Waals surface area contributed by atoms with Crippen molar-refractivity contribution in [3.05, 3.63) is 64.4 Å². The van der Waals surface area contributed by atoms with Gasteiger partial charge in [0.05, 0.1) is 11.7 Å². The Hall–Kier alpha value is -2.40. The molecule has 1 saturated heterocycles. The summed E-state index contributed by atoms with van der Waals surface area (Å²) in [6, 6.07) is 11.6. The molecule has 0 aliphatic carbocycles. The van der Waals surface area contributed by atoms with E-state index in [4.69, 9.17) is 11.6 Å². The van der Waals surface area contributed by atoms with Crippen LogP contribution in [-0.4, -0.2) is 36.7 Å². The van der Waals surface area contributed by atoms with Gasteiger partial charge in [0.2, 0.25) is 5.91 Å². The van der Waals surface area contributed by atoms with E-state index in [1.54, 1.807) is 24.3 Å². The molecule has 1 aliphatic heterocycles. The van der Waals surface area contributed by atoms with Gasteiger partial charge in [-0.05, 0) is 23.8 Å². The molecule has 1 atom stereocenters. The number of hydrogen-bond acceptors (Lipinski definition) is 3. The molecule has 0 N–H and O–H groups in total. The highest BCUT2D eigenvalue weighted by atomic mass is 35.5. The number of hydrogen-bond donors (Lipinski definition) is 0. The van der Waals surface area contributed by atoms with Crippen LogP contribution < -0.4 is 4.90 Å². The number of nitrogens with zero attached hydrogens (tertiary/aromatic N) is 2. The molecule has 2 aromatic rings. The highest BCUT2D eigenvalue weighted by Crippen LogP contribution is 2.34. The fourth-order valence-corrected chi connectivity index (χ4v) is 3.69. The maximum absolute atomic E-state index is 14.6. The summed E-state index contributed by atoms with van der Waals surface area (Å²) in [6.07, 6.45) is 0.788. The van der Waals surface area contributed by atoms with Crippen molar-refractivity contribution in [2.45, 2.75) is 26.8 Å². The maximum atomic E-state index is 14.6. The number of anilines is 1. The zero-order valence-electron chi connectivity index (χ0n) is 16.3. The van der Waals surface area contributed by atoms with Gasteiger partial charge in [0.15, 0.2) is 0 Å². The van der Waals surface area contributed by atoms with Crippen LogP contribution in [0.15, 0.2) is 42.5 Å². The summed E-state index contributed by atoms with van der Waals surface area (Å²) in [5.74, 6) is -0.323. The molecular weight excluding hydrogens is 379 g/mol. The predicted molar refractivity (Wildman–Crippen MR) is 109 cm³/mol. The van der Waals surface area contributed by atoms with E-state index in [0.717, 1.165) is 11.8 Å². The average Bonchev–Trinajstić information content (AvgIpc) is 2.66. The summed E-state index contributed by atoms with van der Waals surface area (Å²) in [4.78, 5) is 27.6. The normalized spacial score (nSPS) is 17.5. The van der Waals surface area contributed by atoms with Crippen LogP contribution in [0.4, 0.5) is 10.1 Å². The maximum Gasteiger partial charge on any atom is 0.228 e. The molecule has 0 saturated carbocycles. The zero-order chi connectivity index (χ0) is 20.5. The third-order valence-electron chi connectivity index (χ3n) is 4.99. The lowest BCUT2D eigenvalue weighted by Gasteiger charge is -2.44. The number of carbonyl (C=O) groups is 2. The Kier molecular flexibility index (Phi) is 5.75. The van der Waals surface area contributed by atoms with Crippen LogP contribution in [-0.2, 0) is 4.79 Å². The van der Waals surface area contributed by atoms with Crippen molar-refractivity contribution in [1.82, 2.24) is 4.90 Å². The molecule has 148 valence electrons. The molecule has 0 spiro atoms. The van der Waals surface area contributed by atoms with Gasteiger partial charge >= 0.3 is 0 Å². The second-order valence-electron chi connectivity index (χ2n) is 8.09. The Balaban J connectivity index is 1.98. The summed E-state index contributed by atoms with van der Waals surface area (Å²) in [5.41, 5.74) is 1.47. The molecule has 0 bridgehead atoms. The summed E-state index contributed by atoms with van der Waals surface area (Å²) >= 11 is 5.91. The number of piperazine rings is 1. The number of aldehydes is 1. The van der Waals surface area contributed by atoms with Crippen molar-refractivity contribution in [2.24, 2.45) is 5.41 Å². The Labute approximate surface area is 169 Å². The molecule has 4 nitrogen and oxygen atoms in total. The lowest BCUT2D eigenvalue weighted by molar-refractivity contribution is -0.140. The quantitative estimate of drug-likeness (QED) is 0.697. The zero-order valence-corrected chi connectivity index (χ0v) is 17.0. The van der Waals surface area contributed by atoms with Crippen LogP contribution in [0, 0.1) is 11.2 Å². The summed E-state index contributed by atoms with van der Waals surface area (Å²) in [7, 11) is 0. The van der Waals surface area contributed by atoms with Crippen LogP contribution in [0.5, 0.6) is 0 Å². The topological polar surface area (TPSA) is 40.6 Å². The van der Waals surface area contributed by atoms with Gasteiger partial charge < -0.3 is 9.80 Å². The molecule has 3 rings (SSSR count). The largest absolute Gasteiger partial charge is 0.359 e. The highest BCUT2D eigenvalue weighted by Gasteiger charge is 2.35. The SMILES string of the molecule is CC(C)(C)C(=O)N1CCN(c2ccc(Cl)cc2F)C(c2ccc(C=O)cc2)C1. The highest BCUT2D eigenvalue weighted by molar-refractivity contribution is 6.30. The minimum atomic E-state index is -0.486. The lowest BCUT2D eigenvalue weighted by Crippen LogP contribution is -2.53. The lowest BCUT2D eigenvalue weighted by atomic mass is 9.92. The Morgan fingerprint density at radius 1 is 1.14 bits per heavy atom. The average molecular weight is 403 g/mol. The van der Waals surface area contributed by atoms with Gasteiger partial charge in [-0.2, -0.15) is 0 Å². The molecule has 28 heavy (non-hydrogen) atoms. The van der Waals surface area contributed by atoms with E-state index < -0.39 is 11.2 Å². The molecule has 2 aromatic carbocycles. The first-order chi connectivity index (χ1) is 13.2. The van der Waals surface area contributed by atoms with Gasteiger partial charge in [0.1, 0.15) is 12.1 Å². The minimum absolute atomic E-state index is 0.0678. The second-order valence-corrected chi connectivity index (χ2v) is 8.53. The van der Waals surface area contributed by atoms with E-state index in [0.29, 0.717) is 35.9 Å². The third-order valence-corrected chi connectivity index (χ3v) is 5.22. The second kappa shape index (κ2) is 7.92. The van der Waals surface area contributed by atoms with Crippen molar-refractivity contribution < 1.29 is 14.0 Å². The van der Waals surface area contributed by atoms with Crippen molar-refractivity contribution in [3.8, 4) is 0 Å². The van der Waals surface area contributed by atoms with Crippen LogP contribution >= 0.6 is 11.6 Å². The van der Waals surface area contributed by atoms with Gasteiger partial charge in [-0.1, -0.05) is 56.6 Å². The standard InChI is InChI=1S/C22H24ClFN2O2/c1-22(2,3)21(28)25-10-11-26(19-9-8-17(23)12-18(19)24)20(13-25)16-6-4-15(14-27)5-7-16/h4-9,12,14,20H,10-11,13H2,1-3H3. The van der Waals surface area contributed by atoms with E-state index in [1.165, 1.54) is 6.07 Å². The Morgan fingerprint density at radius 2 is 1.82 bits per heavy atom. The third kappa shape index (κ3) is 4.20. The predicted octanol–water partition coefficient (Wildman–Crippen LogP) is 4.73. The first-order valence-electron chi connectivity index (χ1n) is 9.27. The fourth-order valence-electron chi connectivity index (χ4n) is 3.53. The molecular formula is C22H24ClFN2O2. The fraction of sp³-hybridized carbons (Fsp3) is 0.364. The number of amides is 1. The van der Waals surface area contributed by atoms with Crippen molar-refractivity contribution in [1.29, 1.82) is 0 Å². The van der Waals surface area contributed by atoms with E-state index >= 15 is 0 Å². The van der Waals surface area contributed by atoms with Crippen LogP contribution in [0.25, 0.3) is 0 Å². The van der Waals surface area contributed by atoms with E-state index in [1.807, 2.05) is 42.7 Å². The van der Waals surface area contributed by atoms with E-state index in [2.05, 4.69) is 0 Å². The molecule has 0 radical (unpaired) electrons. The van der Waals surface area contributed by atoms with Crippen LogP contribution in [0.1, 0.15) is 42.7 Å². The molecule has 1 heterocycles. The summed E-state index contributed by atoms with van der Waals surface area (Å²) < 4.78 is 14.6. The summed E-state index contributed by atoms with van der Waals surface area (Å²) in [6.45, 7) is 7.15. The van der Waals surface area contributed by atoms with Gasteiger partial charge in [-0.15, -0.1) is 0 Å². The van der Waals surface area contributed by atoms with Gasteiger partial charge in [-0.25, -0.2) is 4.39 Å². The smallest absolute Gasteiger partial charge is 0.228 e. The van der Waals surface area contributed by atoms with Gasteiger partial charge in [0, 0.05) is 35.6 Å². The van der Waals surface area contributed by atoms with Crippen LogP contribution in [0.3, 0.4) is 0 Å². The molecule has 1 fully saturated rings.